The molecule has 0 radical (unpaired) electrons. The van der Waals surface area contributed by atoms with Gasteiger partial charge in [0.2, 0.25) is 0 Å². The van der Waals surface area contributed by atoms with Crippen molar-refractivity contribution in [2.24, 2.45) is 11.8 Å². The van der Waals surface area contributed by atoms with E-state index < -0.39 is 14.0 Å². The van der Waals surface area contributed by atoms with Gasteiger partial charge < -0.3 is 0 Å². The van der Waals surface area contributed by atoms with E-state index >= 15 is 0 Å². The molecule has 2 rings (SSSR count). The summed E-state index contributed by atoms with van der Waals surface area (Å²) < 4.78 is 3.62. The Hall–Kier alpha value is 0.471. The van der Waals surface area contributed by atoms with Crippen molar-refractivity contribution < 1.29 is 14.0 Å². The van der Waals surface area contributed by atoms with E-state index in [1.807, 2.05) is 7.76 Å². The molecule has 0 spiro atoms. The fraction of sp³-hybridized carbons (Fsp3) is 0.556. The summed E-state index contributed by atoms with van der Waals surface area (Å²) in [6.45, 7) is 14.1. The molecule has 0 aromatic carbocycles. The predicted molar refractivity (Wildman–Crippen MR) is 106 cm³/mol. The van der Waals surface area contributed by atoms with Crippen molar-refractivity contribution in [3.05, 3.63) is 42.2 Å². The minimum atomic E-state index is -2.78. The summed E-state index contributed by atoms with van der Waals surface area (Å²) >= 11 is -2.78. The molecule has 0 nitrogen and oxygen atoms in total. The molecule has 0 aromatic heterocycles. The van der Waals surface area contributed by atoms with E-state index in [1.54, 1.807) is 11.1 Å². The van der Waals surface area contributed by atoms with Crippen LogP contribution in [-0.4, -0.2) is 7.63 Å². The average molecular weight is 395 g/mol. The number of hydrogen-bond acceptors (Lipinski definition) is 0. The molecular formula is C18H32Cl2SiTi. The summed E-state index contributed by atoms with van der Waals surface area (Å²) in [6.07, 6.45) is 4.95. The van der Waals surface area contributed by atoms with Crippen LogP contribution in [0.25, 0.3) is 0 Å². The fourth-order valence-corrected chi connectivity index (χ4v) is 19.6. The molecule has 2 aliphatic carbocycles. The van der Waals surface area contributed by atoms with Crippen LogP contribution in [0.5, 0.6) is 0 Å². The summed E-state index contributed by atoms with van der Waals surface area (Å²) in [5.41, 5.74) is 6.19. The molecule has 2 aliphatic rings. The van der Waals surface area contributed by atoms with Gasteiger partial charge in [-0.2, -0.15) is 0 Å². The maximum Gasteiger partial charge on any atom is -0.147 e. The van der Waals surface area contributed by atoms with E-state index in [0.29, 0.717) is 11.8 Å². The maximum absolute atomic E-state index is 2.78. The first-order chi connectivity index (χ1) is 8.96. The van der Waals surface area contributed by atoms with Crippen LogP contribution in [0, 0.1) is 11.8 Å². The first-order valence-electron chi connectivity index (χ1n) is 7.83. The molecule has 0 aromatic rings. The SMILES string of the molecule is CC1=CC(C)[C]([Ti]([CH3])([CH3])(=[SiH2])[C]2=C(C)C(C)=CC2C)=C1C.Cl.Cl. The normalized spacial score (nSPS) is 25.7. The summed E-state index contributed by atoms with van der Waals surface area (Å²) in [5.74, 6) is 1.26. The molecule has 0 bridgehead atoms. The van der Waals surface area contributed by atoms with Crippen LogP contribution in [0.4, 0.5) is 0 Å². The van der Waals surface area contributed by atoms with Crippen molar-refractivity contribution in [1.29, 1.82) is 0 Å². The van der Waals surface area contributed by atoms with Gasteiger partial charge in [0, 0.05) is 0 Å². The minimum absolute atomic E-state index is 0. The van der Waals surface area contributed by atoms with E-state index in [2.05, 4.69) is 71.8 Å². The first kappa shape index (κ1) is 22.5. The van der Waals surface area contributed by atoms with Gasteiger partial charge >= 0.3 is 128 Å². The third-order valence-electron chi connectivity index (χ3n) is 5.63. The Kier molecular flexibility index (Phi) is 6.91. The Bertz CT molecular complexity index is 619. The monoisotopic (exact) mass is 394 g/mol. The summed E-state index contributed by atoms with van der Waals surface area (Å²) in [6, 6.07) is 0. The van der Waals surface area contributed by atoms with Gasteiger partial charge in [-0.3, -0.25) is 0 Å². The van der Waals surface area contributed by atoms with Crippen LogP contribution in [0.2, 0.25) is 10.5 Å². The standard InChI is InChI=1S/2C8H11.2CH3.2ClH.H2Si.Ti/c2*1-6-4-7(2)8(3)5-6;;;;;;/h2*4,6H,1-3H3;2*1H3;2*1H;1H2;. The quantitative estimate of drug-likeness (QED) is 0.511. The number of allylic oxidation sites excluding steroid dienone is 8. The second kappa shape index (κ2) is 6.76. The molecule has 0 N–H and O–H groups in total. The molecule has 2 unspecified atom stereocenters. The zero-order chi connectivity index (χ0) is 15.5. The molecule has 0 aliphatic heterocycles. The van der Waals surface area contributed by atoms with E-state index in [9.17, 15) is 0 Å². The largest absolute Gasteiger partial charge is 0.147 e. The van der Waals surface area contributed by atoms with Gasteiger partial charge in [0.05, 0.1) is 0 Å². The zero-order valence-electron chi connectivity index (χ0n) is 15.3. The van der Waals surface area contributed by atoms with Gasteiger partial charge in [0.1, 0.15) is 0 Å². The Labute approximate surface area is 151 Å². The third kappa shape index (κ3) is 3.30. The van der Waals surface area contributed by atoms with Crippen LogP contribution in [0.3, 0.4) is 0 Å². The molecule has 4 heteroatoms. The van der Waals surface area contributed by atoms with E-state index in [0.717, 1.165) is 0 Å². The predicted octanol–water partition coefficient (Wildman–Crippen LogP) is 5.90. The Morgan fingerprint density at radius 2 is 1.05 bits per heavy atom. The molecule has 0 amide bonds. The van der Waals surface area contributed by atoms with Gasteiger partial charge in [-0.1, -0.05) is 0 Å². The van der Waals surface area contributed by atoms with Crippen molar-refractivity contribution in [1.82, 2.24) is 0 Å². The average Bonchev–Trinajstić information content (AvgIpc) is 2.65. The van der Waals surface area contributed by atoms with Crippen molar-refractivity contribution in [2.75, 3.05) is 0 Å². The van der Waals surface area contributed by atoms with Crippen molar-refractivity contribution >= 4 is 32.4 Å². The number of halogens is 2. The molecule has 2 atom stereocenters. The molecule has 22 heavy (non-hydrogen) atoms. The molecular weight excluding hydrogens is 363 g/mol. The van der Waals surface area contributed by atoms with Crippen LogP contribution in [0.15, 0.2) is 42.2 Å². The van der Waals surface area contributed by atoms with Crippen LogP contribution in [0.1, 0.15) is 41.5 Å². The van der Waals surface area contributed by atoms with Gasteiger partial charge in [0.25, 0.3) is 0 Å². The van der Waals surface area contributed by atoms with Crippen molar-refractivity contribution in [2.45, 2.75) is 52.0 Å². The summed E-state index contributed by atoms with van der Waals surface area (Å²) in [5, 5.41) is 5.28. The molecule has 0 saturated heterocycles. The van der Waals surface area contributed by atoms with Crippen LogP contribution < -0.4 is 0 Å². The summed E-state index contributed by atoms with van der Waals surface area (Å²) in [4.78, 5) is 0. The zero-order valence-corrected chi connectivity index (χ0v) is 19.9. The molecule has 0 saturated carbocycles. The Morgan fingerprint density at radius 1 is 0.773 bits per heavy atom. The third-order valence-corrected chi connectivity index (χ3v) is 16.8. The van der Waals surface area contributed by atoms with Gasteiger partial charge in [0.15, 0.2) is 0 Å². The molecule has 126 valence electrons. The van der Waals surface area contributed by atoms with Crippen molar-refractivity contribution in [3.63, 3.8) is 0 Å². The molecule has 0 fully saturated rings. The minimum Gasteiger partial charge on any atom is -0.147 e. The number of rotatable bonds is 2. The van der Waals surface area contributed by atoms with E-state index in [4.69, 9.17) is 0 Å². The van der Waals surface area contributed by atoms with Gasteiger partial charge in [-0.25, -0.2) is 0 Å². The van der Waals surface area contributed by atoms with Crippen LogP contribution in [-0.2, 0) is 14.0 Å². The van der Waals surface area contributed by atoms with Crippen LogP contribution >= 0.6 is 24.8 Å². The van der Waals surface area contributed by atoms with E-state index in [-0.39, 0.29) is 24.8 Å². The van der Waals surface area contributed by atoms with Crippen molar-refractivity contribution in [3.8, 4) is 0 Å². The number of hydrogen-bond donors (Lipinski definition) is 0. The van der Waals surface area contributed by atoms with Gasteiger partial charge in [-0.15, -0.1) is 24.8 Å². The van der Waals surface area contributed by atoms with E-state index in [1.165, 1.54) is 11.1 Å². The fourth-order valence-electron chi connectivity index (χ4n) is 5.08. The van der Waals surface area contributed by atoms with Gasteiger partial charge in [-0.05, 0) is 0 Å². The maximum atomic E-state index is 2.64. The second-order valence-corrected chi connectivity index (χ2v) is 26.9. The topological polar surface area (TPSA) is 0 Å². The first-order valence-corrected chi connectivity index (χ1v) is 16.5. The smallest absolute Gasteiger partial charge is 0.147 e. The Balaban J connectivity index is 0.00000220. The molecule has 0 heterocycles. The second-order valence-electron chi connectivity index (χ2n) is 8.04. The Morgan fingerprint density at radius 3 is 1.23 bits per heavy atom. The summed E-state index contributed by atoms with van der Waals surface area (Å²) in [7, 11) is 2.37.